The Hall–Kier alpha value is -2.80. The normalized spacial score (nSPS) is 18.9. The maximum Gasteiger partial charge on any atom is 0.236 e. The first-order valence-electron chi connectivity index (χ1n) is 12.3. The molecule has 1 aromatic carbocycles. The zero-order chi connectivity index (χ0) is 23.3. The topological polar surface area (TPSA) is 110 Å². The number of nitrogens with zero attached hydrogens (tertiary/aromatic N) is 2. The molecule has 0 saturated heterocycles. The lowest BCUT2D eigenvalue weighted by Crippen LogP contribution is -2.40. The van der Waals surface area contributed by atoms with Crippen molar-refractivity contribution in [3.8, 4) is 0 Å². The summed E-state index contributed by atoms with van der Waals surface area (Å²) in [5.74, 6) is 0.630. The number of hydrogen-bond donors (Lipinski definition) is 3. The van der Waals surface area contributed by atoms with E-state index in [1.165, 1.54) is 0 Å². The fourth-order valence-electron chi connectivity index (χ4n) is 4.07. The summed E-state index contributed by atoms with van der Waals surface area (Å²) in [4.78, 5) is 34.2. The van der Waals surface area contributed by atoms with Gasteiger partial charge in [-0.1, -0.05) is 56.0 Å². The largest absolute Gasteiger partial charge is 0.355 e. The van der Waals surface area contributed by atoms with Crippen molar-refractivity contribution in [2.45, 2.75) is 76.7 Å². The van der Waals surface area contributed by atoms with Crippen molar-refractivity contribution in [1.29, 1.82) is 0 Å². The Bertz CT molecular complexity index is 888. The van der Waals surface area contributed by atoms with Gasteiger partial charge < -0.3 is 16.4 Å². The second-order valence-electron chi connectivity index (χ2n) is 8.80. The average Bonchev–Trinajstić information content (AvgIpc) is 2.84. The van der Waals surface area contributed by atoms with E-state index >= 15 is 0 Å². The van der Waals surface area contributed by atoms with Crippen LogP contribution in [0.2, 0.25) is 0 Å². The number of nitrogens with one attached hydrogen (secondary N) is 2. The number of fused-ring (bicyclic) bond motifs is 2. The third-order valence-corrected chi connectivity index (χ3v) is 6.10. The minimum Gasteiger partial charge on any atom is -0.355 e. The molecule has 3 rings (SSSR count). The number of rotatable bonds is 4. The third kappa shape index (κ3) is 8.57. The van der Waals surface area contributed by atoms with Crippen LogP contribution in [-0.2, 0) is 17.6 Å². The molecule has 4 N–H and O–H groups in total. The fraction of sp³-hybridized carbons (Fsp3) is 0.538. The maximum absolute atomic E-state index is 13.0. The molecule has 1 atom stereocenters. The summed E-state index contributed by atoms with van der Waals surface area (Å²) in [6.45, 7) is 1.48. The van der Waals surface area contributed by atoms with Crippen molar-refractivity contribution in [1.82, 2.24) is 15.3 Å². The number of nitrogens with two attached hydrogens (primary N) is 1. The Labute approximate surface area is 197 Å². The number of Topliss-reactive ketones (excluding diaryl/α,β-unsaturated/α-hetero) is 1. The van der Waals surface area contributed by atoms with Gasteiger partial charge in [-0.25, -0.2) is 9.97 Å². The minimum absolute atomic E-state index is 0.0514. The van der Waals surface area contributed by atoms with Crippen LogP contribution in [0, 0.1) is 0 Å². The summed E-state index contributed by atoms with van der Waals surface area (Å²) < 4.78 is 0. The van der Waals surface area contributed by atoms with E-state index in [-0.39, 0.29) is 11.7 Å². The lowest BCUT2D eigenvalue weighted by atomic mass is 9.99. The molecule has 1 aliphatic heterocycles. The van der Waals surface area contributed by atoms with E-state index in [2.05, 4.69) is 15.6 Å². The average molecular weight is 452 g/mol. The predicted octanol–water partition coefficient (Wildman–Crippen LogP) is 3.82. The van der Waals surface area contributed by atoms with E-state index < -0.39 is 6.04 Å². The SMILES string of the molecule is N[C@H]1CCCCCc2nc(ncc2C(=O)CCc2ccccc2)NCCCCCCNC1=O. The van der Waals surface area contributed by atoms with Crippen molar-refractivity contribution in [3.63, 3.8) is 0 Å². The summed E-state index contributed by atoms with van der Waals surface area (Å²) in [5, 5.41) is 6.25. The van der Waals surface area contributed by atoms with Gasteiger partial charge in [0.2, 0.25) is 11.9 Å². The number of aromatic nitrogens is 2. The smallest absolute Gasteiger partial charge is 0.236 e. The van der Waals surface area contributed by atoms with Gasteiger partial charge in [-0.2, -0.15) is 0 Å². The van der Waals surface area contributed by atoms with Gasteiger partial charge in [0.1, 0.15) is 0 Å². The Kier molecular flexibility index (Phi) is 10.3. The standard InChI is InChI=1S/C26H37N5O2/c27-22-13-7-4-8-14-23-21(24(32)16-15-20-11-5-3-6-12-20)19-30-26(31-23)29-18-10-2-1-9-17-28-25(22)33/h3,5-6,11-12,19,22H,1-2,4,7-10,13-18,27H2,(H,28,33)(H,29,30,31)/t22-/m0/s1. The molecule has 2 bridgehead atoms. The van der Waals surface area contributed by atoms with Crippen LogP contribution in [0.5, 0.6) is 0 Å². The van der Waals surface area contributed by atoms with Gasteiger partial charge in [0.25, 0.3) is 0 Å². The molecule has 33 heavy (non-hydrogen) atoms. The van der Waals surface area contributed by atoms with Crippen molar-refractivity contribution in [3.05, 3.63) is 53.3 Å². The van der Waals surface area contributed by atoms with E-state index in [0.29, 0.717) is 43.7 Å². The van der Waals surface area contributed by atoms with E-state index in [9.17, 15) is 9.59 Å². The number of anilines is 1. The molecule has 2 aromatic rings. The molecule has 1 aromatic heterocycles. The van der Waals surface area contributed by atoms with Crippen LogP contribution in [0.15, 0.2) is 36.5 Å². The number of aryl methyl sites for hydroxylation is 2. The summed E-state index contributed by atoms with van der Waals surface area (Å²) in [5.41, 5.74) is 8.63. The number of carbonyl (C=O) groups is 2. The Morgan fingerprint density at radius 2 is 1.70 bits per heavy atom. The summed E-state index contributed by atoms with van der Waals surface area (Å²) in [6, 6.07) is 9.60. The number of ketones is 1. The molecule has 178 valence electrons. The van der Waals surface area contributed by atoms with Crippen molar-refractivity contribution >= 4 is 17.6 Å². The highest BCUT2D eigenvalue weighted by atomic mass is 16.2. The van der Waals surface area contributed by atoms with Crippen LogP contribution in [0.4, 0.5) is 5.95 Å². The zero-order valence-electron chi connectivity index (χ0n) is 19.5. The van der Waals surface area contributed by atoms with Crippen LogP contribution in [0.3, 0.4) is 0 Å². The lowest BCUT2D eigenvalue weighted by molar-refractivity contribution is -0.122. The monoisotopic (exact) mass is 451 g/mol. The summed E-state index contributed by atoms with van der Waals surface area (Å²) in [6.07, 6.45) is 11.0. The molecule has 0 spiro atoms. The lowest BCUT2D eigenvalue weighted by Gasteiger charge is -2.14. The van der Waals surface area contributed by atoms with Crippen molar-refractivity contribution < 1.29 is 9.59 Å². The second kappa shape index (κ2) is 13.7. The molecule has 7 heteroatoms. The van der Waals surface area contributed by atoms with Crippen LogP contribution < -0.4 is 16.4 Å². The van der Waals surface area contributed by atoms with Crippen molar-refractivity contribution in [2.24, 2.45) is 5.73 Å². The molecule has 0 saturated carbocycles. The second-order valence-corrected chi connectivity index (χ2v) is 8.80. The quantitative estimate of drug-likeness (QED) is 0.610. The first-order valence-corrected chi connectivity index (χ1v) is 12.3. The van der Waals surface area contributed by atoms with Gasteiger partial charge >= 0.3 is 0 Å². The number of benzene rings is 1. The molecule has 0 radical (unpaired) electrons. The van der Waals surface area contributed by atoms with Crippen LogP contribution in [-0.4, -0.2) is 40.8 Å². The molecule has 7 nitrogen and oxygen atoms in total. The molecule has 0 unspecified atom stereocenters. The fourth-order valence-corrected chi connectivity index (χ4v) is 4.07. The highest BCUT2D eigenvalue weighted by Gasteiger charge is 2.16. The first kappa shape index (κ1) is 24.8. The minimum atomic E-state index is -0.450. The highest BCUT2D eigenvalue weighted by molar-refractivity contribution is 5.97. The third-order valence-electron chi connectivity index (χ3n) is 6.10. The number of amides is 1. The van der Waals surface area contributed by atoms with Crippen LogP contribution in [0.25, 0.3) is 0 Å². The van der Waals surface area contributed by atoms with Crippen LogP contribution in [0.1, 0.15) is 79.4 Å². The molecule has 0 fully saturated rings. The van der Waals surface area contributed by atoms with E-state index in [1.807, 2.05) is 30.3 Å². The predicted molar refractivity (Wildman–Crippen MR) is 131 cm³/mol. The molecule has 2 heterocycles. The summed E-state index contributed by atoms with van der Waals surface area (Å²) >= 11 is 0. The molecule has 1 amide bonds. The van der Waals surface area contributed by atoms with Gasteiger partial charge in [-0.15, -0.1) is 0 Å². The summed E-state index contributed by atoms with van der Waals surface area (Å²) in [7, 11) is 0. The van der Waals surface area contributed by atoms with Gasteiger partial charge in [-0.3, -0.25) is 9.59 Å². The molecular weight excluding hydrogens is 414 g/mol. The van der Waals surface area contributed by atoms with Gasteiger partial charge in [0.15, 0.2) is 5.78 Å². The maximum atomic E-state index is 13.0. The van der Waals surface area contributed by atoms with Crippen LogP contribution >= 0.6 is 0 Å². The number of hydrogen-bond acceptors (Lipinski definition) is 6. The van der Waals surface area contributed by atoms with Gasteiger partial charge in [0.05, 0.1) is 17.3 Å². The first-order chi connectivity index (χ1) is 16.1. The van der Waals surface area contributed by atoms with E-state index in [0.717, 1.165) is 62.7 Å². The van der Waals surface area contributed by atoms with Crippen molar-refractivity contribution in [2.75, 3.05) is 18.4 Å². The molecular formula is C26H37N5O2. The van der Waals surface area contributed by atoms with E-state index in [1.54, 1.807) is 6.20 Å². The highest BCUT2D eigenvalue weighted by Crippen LogP contribution is 2.17. The van der Waals surface area contributed by atoms with Gasteiger partial charge in [0, 0.05) is 25.7 Å². The Balaban J connectivity index is 1.65. The molecule has 1 aliphatic rings. The Morgan fingerprint density at radius 3 is 2.48 bits per heavy atom. The van der Waals surface area contributed by atoms with Gasteiger partial charge in [-0.05, 0) is 44.1 Å². The Morgan fingerprint density at radius 1 is 0.970 bits per heavy atom. The zero-order valence-corrected chi connectivity index (χ0v) is 19.5. The number of carbonyl (C=O) groups excluding carboxylic acids is 2. The molecule has 0 aliphatic carbocycles. The van der Waals surface area contributed by atoms with E-state index in [4.69, 9.17) is 10.7 Å².